The van der Waals surface area contributed by atoms with Crippen molar-refractivity contribution in [2.75, 3.05) is 0 Å². The summed E-state index contributed by atoms with van der Waals surface area (Å²) in [7, 11) is 0. The molecule has 0 aliphatic heterocycles. The first-order chi connectivity index (χ1) is 13.8. The predicted molar refractivity (Wildman–Crippen MR) is 105 cm³/mol. The van der Waals surface area contributed by atoms with Crippen LogP contribution in [0.15, 0.2) is 64.7 Å². The number of aliphatic hydroxyl groups is 1. The Hall–Kier alpha value is -3.37. The zero-order valence-electron chi connectivity index (χ0n) is 15.1. The first-order valence-electron chi connectivity index (χ1n) is 8.38. The SMILES string of the molecule is Cl.O=c1[nH]c2cc(C(F)(F)F)c(-n3ccnc3)cc2n(-c2cccc(CO)c2)c1=O. The molecule has 0 aliphatic carbocycles. The molecule has 2 aromatic carbocycles. The van der Waals surface area contributed by atoms with Crippen LogP contribution >= 0.6 is 12.4 Å². The third-order valence-electron chi connectivity index (χ3n) is 4.44. The van der Waals surface area contributed by atoms with Gasteiger partial charge in [0.15, 0.2) is 0 Å². The van der Waals surface area contributed by atoms with Crippen LogP contribution in [0.1, 0.15) is 11.1 Å². The van der Waals surface area contributed by atoms with Gasteiger partial charge in [0.2, 0.25) is 0 Å². The van der Waals surface area contributed by atoms with E-state index in [9.17, 15) is 27.9 Å². The lowest BCUT2D eigenvalue weighted by atomic mass is 10.1. The van der Waals surface area contributed by atoms with Crippen LogP contribution in [0.2, 0.25) is 0 Å². The topological polar surface area (TPSA) is 92.9 Å². The average molecular weight is 439 g/mol. The number of hydrogen-bond donors (Lipinski definition) is 2. The molecule has 0 saturated heterocycles. The number of halogens is 4. The molecule has 30 heavy (non-hydrogen) atoms. The Labute approximate surface area is 172 Å². The van der Waals surface area contributed by atoms with E-state index in [2.05, 4.69) is 9.97 Å². The number of H-pyrrole nitrogens is 1. The number of nitrogens with zero attached hydrogens (tertiary/aromatic N) is 3. The quantitative estimate of drug-likeness (QED) is 0.481. The van der Waals surface area contributed by atoms with Gasteiger partial charge >= 0.3 is 17.3 Å². The highest BCUT2D eigenvalue weighted by Gasteiger charge is 2.35. The fourth-order valence-corrected chi connectivity index (χ4v) is 3.14. The fraction of sp³-hybridized carbons (Fsp3) is 0.105. The molecule has 2 heterocycles. The minimum Gasteiger partial charge on any atom is -0.392 e. The van der Waals surface area contributed by atoms with Crippen LogP contribution in [0.3, 0.4) is 0 Å². The van der Waals surface area contributed by atoms with Crippen molar-refractivity contribution in [2.45, 2.75) is 12.8 Å². The van der Waals surface area contributed by atoms with E-state index in [1.54, 1.807) is 12.1 Å². The van der Waals surface area contributed by atoms with E-state index in [0.717, 1.165) is 10.6 Å². The number of hydrogen-bond acceptors (Lipinski definition) is 4. The van der Waals surface area contributed by atoms with Crippen molar-refractivity contribution in [1.82, 2.24) is 19.1 Å². The lowest BCUT2D eigenvalue weighted by Gasteiger charge is -2.17. The van der Waals surface area contributed by atoms with Gasteiger partial charge in [0, 0.05) is 18.1 Å². The van der Waals surface area contributed by atoms with Crippen LogP contribution in [0, 0.1) is 0 Å². The number of aromatic amines is 1. The third-order valence-corrected chi connectivity index (χ3v) is 4.44. The van der Waals surface area contributed by atoms with Crippen LogP contribution in [0.5, 0.6) is 0 Å². The summed E-state index contributed by atoms with van der Waals surface area (Å²) in [4.78, 5) is 30.7. The molecule has 11 heteroatoms. The normalized spacial score (nSPS) is 11.5. The molecule has 2 aromatic heterocycles. The maximum atomic E-state index is 13.6. The molecule has 0 saturated carbocycles. The Kier molecular flexibility index (Phi) is 5.55. The lowest BCUT2D eigenvalue weighted by Crippen LogP contribution is -2.35. The smallest absolute Gasteiger partial charge is 0.392 e. The number of alkyl halides is 3. The second-order valence-electron chi connectivity index (χ2n) is 6.28. The molecule has 0 fully saturated rings. The van der Waals surface area contributed by atoms with Crippen molar-refractivity contribution in [3.63, 3.8) is 0 Å². The summed E-state index contributed by atoms with van der Waals surface area (Å²) in [5.41, 5.74) is -2.62. The van der Waals surface area contributed by atoms with E-state index < -0.39 is 22.9 Å². The van der Waals surface area contributed by atoms with E-state index in [1.165, 1.54) is 41.5 Å². The number of nitrogens with one attached hydrogen (secondary N) is 1. The van der Waals surface area contributed by atoms with Gasteiger partial charge in [-0.1, -0.05) is 12.1 Å². The van der Waals surface area contributed by atoms with Crippen molar-refractivity contribution in [3.8, 4) is 11.4 Å². The molecule has 7 nitrogen and oxygen atoms in total. The van der Waals surface area contributed by atoms with Gasteiger partial charge in [0.25, 0.3) is 0 Å². The van der Waals surface area contributed by atoms with Crippen LogP contribution in [-0.2, 0) is 12.8 Å². The Bertz CT molecular complexity index is 1330. The molecule has 2 N–H and O–H groups in total. The maximum Gasteiger partial charge on any atom is 0.418 e. The summed E-state index contributed by atoms with van der Waals surface area (Å²) in [5, 5.41) is 9.35. The van der Waals surface area contributed by atoms with Crippen molar-refractivity contribution in [1.29, 1.82) is 0 Å². The minimum atomic E-state index is -4.71. The fourth-order valence-electron chi connectivity index (χ4n) is 3.14. The Morgan fingerprint density at radius 3 is 2.53 bits per heavy atom. The molecule has 0 atom stereocenters. The van der Waals surface area contributed by atoms with Gasteiger partial charge in [0.1, 0.15) is 0 Å². The van der Waals surface area contributed by atoms with Crippen molar-refractivity contribution < 1.29 is 18.3 Å². The minimum absolute atomic E-state index is 0. The van der Waals surface area contributed by atoms with E-state index in [0.29, 0.717) is 5.56 Å². The molecule has 4 aromatic rings. The largest absolute Gasteiger partial charge is 0.418 e. The van der Waals surface area contributed by atoms with E-state index in [-0.39, 0.29) is 41.4 Å². The van der Waals surface area contributed by atoms with Gasteiger partial charge in [-0.05, 0) is 29.8 Å². The Balaban J connectivity index is 0.00000256. The highest BCUT2D eigenvalue weighted by Crippen LogP contribution is 2.36. The van der Waals surface area contributed by atoms with Crippen LogP contribution in [0.25, 0.3) is 22.4 Å². The lowest BCUT2D eigenvalue weighted by molar-refractivity contribution is -0.137. The average Bonchev–Trinajstić information content (AvgIpc) is 3.22. The molecular weight excluding hydrogens is 425 g/mol. The number of aromatic nitrogens is 4. The molecule has 0 amide bonds. The highest BCUT2D eigenvalue weighted by molar-refractivity contribution is 5.85. The third kappa shape index (κ3) is 3.62. The Morgan fingerprint density at radius 1 is 1.13 bits per heavy atom. The van der Waals surface area contributed by atoms with Crippen molar-refractivity contribution >= 4 is 23.4 Å². The zero-order valence-corrected chi connectivity index (χ0v) is 15.9. The molecule has 0 radical (unpaired) electrons. The Morgan fingerprint density at radius 2 is 1.90 bits per heavy atom. The van der Waals surface area contributed by atoms with Gasteiger partial charge in [-0.25, -0.2) is 4.98 Å². The summed E-state index contributed by atoms with van der Waals surface area (Å²) in [6.07, 6.45) is -0.828. The number of aliphatic hydroxyl groups excluding tert-OH is 1. The number of fused-ring (bicyclic) bond motifs is 1. The summed E-state index contributed by atoms with van der Waals surface area (Å²) in [6.45, 7) is -0.303. The molecule has 4 rings (SSSR count). The molecule has 0 aliphatic rings. The van der Waals surface area contributed by atoms with E-state index >= 15 is 0 Å². The van der Waals surface area contributed by atoms with Crippen molar-refractivity contribution in [3.05, 3.63) is 87.0 Å². The summed E-state index contributed by atoms with van der Waals surface area (Å²) in [5.74, 6) is 0. The predicted octanol–water partition coefficient (Wildman–Crippen LogP) is 2.80. The van der Waals surface area contributed by atoms with Gasteiger partial charge in [-0.15, -0.1) is 12.4 Å². The summed E-state index contributed by atoms with van der Waals surface area (Å²) >= 11 is 0. The second-order valence-corrected chi connectivity index (χ2v) is 6.28. The maximum absolute atomic E-state index is 13.6. The molecule has 0 unspecified atom stereocenters. The van der Waals surface area contributed by atoms with Crippen LogP contribution in [-0.4, -0.2) is 24.2 Å². The monoisotopic (exact) mass is 438 g/mol. The van der Waals surface area contributed by atoms with Gasteiger partial charge in [-0.2, -0.15) is 13.2 Å². The molecule has 0 spiro atoms. The number of rotatable bonds is 3. The first kappa shape index (κ1) is 21.3. The summed E-state index contributed by atoms with van der Waals surface area (Å²) < 4.78 is 43.1. The highest BCUT2D eigenvalue weighted by atomic mass is 35.5. The number of benzene rings is 2. The summed E-state index contributed by atoms with van der Waals surface area (Å²) in [6, 6.07) is 8.15. The molecule has 156 valence electrons. The van der Waals surface area contributed by atoms with Gasteiger partial charge in [-0.3, -0.25) is 14.2 Å². The van der Waals surface area contributed by atoms with E-state index in [4.69, 9.17) is 0 Å². The van der Waals surface area contributed by atoms with E-state index in [1.807, 2.05) is 0 Å². The first-order valence-corrected chi connectivity index (χ1v) is 8.38. The van der Waals surface area contributed by atoms with Gasteiger partial charge in [0.05, 0.1) is 35.2 Å². The molecular formula is C19H14ClF3N4O3. The standard InChI is InChI=1S/C19H13F3N4O3.ClH/c20-19(21,22)13-7-14-16(8-15(13)25-5-4-23-10-25)26(18(29)17(28)24-14)12-3-1-2-11(6-12)9-27;/h1-8,10,27H,9H2,(H,24,28);1H. The number of imidazole rings is 1. The second kappa shape index (κ2) is 7.81. The van der Waals surface area contributed by atoms with Crippen LogP contribution < -0.4 is 11.1 Å². The zero-order chi connectivity index (χ0) is 20.8. The van der Waals surface area contributed by atoms with Crippen LogP contribution in [0.4, 0.5) is 13.2 Å². The van der Waals surface area contributed by atoms with Gasteiger partial charge < -0.3 is 14.7 Å². The molecule has 0 bridgehead atoms. The van der Waals surface area contributed by atoms with Crippen molar-refractivity contribution in [2.24, 2.45) is 0 Å².